The van der Waals surface area contributed by atoms with Crippen molar-refractivity contribution in [1.29, 1.82) is 0 Å². The first-order valence-electron chi connectivity index (χ1n) is 6.19. The molecule has 0 radical (unpaired) electrons. The van der Waals surface area contributed by atoms with Crippen molar-refractivity contribution in [3.8, 4) is 0 Å². The van der Waals surface area contributed by atoms with E-state index in [0.717, 1.165) is 18.5 Å². The van der Waals surface area contributed by atoms with Gasteiger partial charge >= 0.3 is 0 Å². The van der Waals surface area contributed by atoms with Gasteiger partial charge in [0.25, 0.3) is 0 Å². The second-order valence-electron chi connectivity index (χ2n) is 4.34. The van der Waals surface area contributed by atoms with Crippen LogP contribution in [0.4, 0.5) is 11.4 Å². The molecule has 0 unspecified atom stereocenters. The molecule has 1 aliphatic rings. The van der Waals surface area contributed by atoms with E-state index in [1.165, 1.54) is 19.3 Å². The van der Waals surface area contributed by atoms with Gasteiger partial charge in [0.1, 0.15) is 0 Å². The molecule has 0 saturated heterocycles. The molecule has 0 amide bonds. The van der Waals surface area contributed by atoms with Crippen LogP contribution in [0.3, 0.4) is 0 Å². The topological polar surface area (TPSA) is 73.5 Å². The third-order valence-corrected chi connectivity index (χ3v) is 3.00. The van der Waals surface area contributed by atoms with Crippen LogP contribution in [0.15, 0.2) is 39.4 Å². The molecule has 0 N–H and O–H groups in total. The highest BCUT2D eigenvalue weighted by Crippen LogP contribution is 2.20. The Morgan fingerprint density at radius 3 is 2.39 bits per heavy atom. The molecule has 1 aromatic carbocycles. The first kappa shape index (κ1) is 12.4. The first-order valence-corrected chi connectivity index (χ1v) is 6.19. The Balaban J connectivity index is 1.99. The van der Waals surface area contributed by atoms with Gasteiger partial charge in [-0.05, 0) is 30.5 Å². The molecule has 0 aliphatic heterocycles. The Bertz CT molecular complexity index is 487. The van der Waals surface area contributed by atoms with Gasteiger partial charge in [-0.25, -0.2) is 4.99 Å². The van der Waals surface area contributed by atoms with Crippen LogP contribution in [0.25, 0.3) is 10.4 Å². The van der Waals surface area contributed by atoms with Crippen molar-refractivity contribution in [1.82, 2.24) is 0 Å². The van der Waals surface area contributed by atoms with Crippen molar-refractivity contribution >= 4 is 17.4 Å². The summed E-state index contributed by atoms with van der Waals surface area (Å²) in [6.45, 7) is 0. The number of azide groups is 1. The minimum absolute atomic E-state index is 0.393. The van der Waals surface area contributed by atoms with Crippen LogP contribution >= 0.6 is 0 Å². The van der Waals surface area contributed by atoms with Crippen molar-refractivity contribution in [3.63, 3.8) is 0 Å². The normalized spacial score (nSPS) is 15.3. The van der Waals surface area contributed by atoms with Crippen LogP contribution in [0.5, 0.6) is 0 Å². The molecule has 0 heterocycles. The molecular formula is C13H15N5. The number of hydrogen-bond donors (Lipinski definition) is 0. The maximum Gasteiger partial charge on any atom is 0.0951 e. The summed E-state index contributed by atoms with van der Waals surface area (Å²) in [6.07, 6.45) is 6.15. The van der Waals surface area contributed by atoms with Crippen LogP contribution < -0.4 is 0 Å². The van der Waals surface area contributed by atoms with E-state index in [9.17, 15) is 0 Å². The van der Waals surface area contributed by atoms with Gasteiger partial charge in [-0.3, -0.25) is 0 Å². The third-order valence-electron chi connectivity index (χ3n) is 3.00. The summed E-state index contributed by atoms with van der Waals surface area (Å²) in [4.78, 5) is 11.2. The quantitative estimate of drug-likeness (QED) is 0.316. The van der Waals surface area contributed by atoms with Crippen LogP contribution in [-0.2, 0) is 0 Å². The molecule has 0 atom stereocenters. The SMILES string of the molecule is [N-]=[N+]=Nc1ccc(N=C=NC2CCCCC2)cc1. The maximum absolute atomic E-state index is 8.28. The number of hydrogen-bond acceptors (Lipinski definition) is 3. The van der Waals surface area contributed by atoms with E-state index in [0.29, 0.717) is 11.7 Å². The standard InChI is InChI=1S/C13H15N5/c14-18-17-13-8-6-12(7-9-13)16-10-15-11-4-2-1-3-5-11/h6-9,11H,1-5H2. The second kappa shape index (κ2) is 6.60. The number of benzene rings is 1. The minimum Gasteiger partial charge on any atom is -0.222 e. The van der Waals surface area contributed by atoms with E-state index in [1.54, 1.807) is 24.3 Å². The first-order chi connectivity index (χ1) is 8.88. The van der Waals surface area contributed by atoms with Gasteiger partial charge in [-0.2, -0.15) is 4.99 Å². The fourth-order valence-electron chi connectivity index (χ4n) is 2.02. The lowest BCUT2D eigenvalue weighted by atomic mass is 9.96. The van der Waals surface area contributed by atoms with Gasteiger partial charge in [0.15, 0.2) is 0 Å². The molecule has 1 fully saturated rings. The van der Waals surface area contributed by atoms with Crippen molar-refractivity contribution < 1.29 is 0 Å². The fourth-order valence-corrected chi connectivity index (χ4v) is 2.02. The van der Waals surface area contributed by atoms with Gasteiger partial charge in [-0.15, -0.1) is 0 Å². The molecule has 18 heavy (non-hydrogen) atoms. The summed E-state index contributed by atoms with van der Waals surface area (Å²) in [5, 5.41) is 3.50. The van der Waals surface area contributed by atoms with E-state index in [1.807, 2.05) is 0 Å². The third kappa shape index (κ3) is 3.74. The predicted molar refractivity (Wildman–Crippen MR) is 71.6 cm³/mol. The highest BCUT2D eigenvalue weighted by molar-refractivity contribution is 5.55. The molecular weight excluding hydrogens is 226 g/mol. The molecule has 0 aromatic heterocycles. The summed E-state index contributed by atoms with van der Waals surface area (Å²) < 4.78 is 0. The summed E-state index contributed by atoms with van der Waals surface area (Å²) in [7, 11) is 0. The molecule has 1 saturated carbocycles. The van der Waals surface area contributed by atoms with Crippen molar-refractivity contribution in [2.45, 2.75) is 38.1 Å². The van der Waals surface area contributed by atoms with Gasteiger partial charge in [-0.1, -0.05) is 36.5 Å². The Kier molecular flexibility index (Phi) is 4.53. The fraction of sp³-hybridized carbons (Fsp3) is 0.462. The van der Waals surface area contributed by atoms with Crippen molar-refractivity contribution in [3.05, 3.63) is 34.7 Å². The lowest BCUT2D eigenvalue weighted by Gasteiger charge is -2.15. The van der Waals surface area contributed by atoms with E-state index in [-0.39, 0.29) is 0 Å². The van der Waals surface area contributed by atoms with E-state index < -0.39 is 0 Å². The molecule has 5 nitrogen and oxygen atoms in total. The summed E-state index contributed by atoms with van der Waals surface area (Å²) in [5.74, 6) is 0. The van der Waals surface area contributed by atoms with E-state index in [4.69, 9.17) is 5.53 Å². The number of nitrogens with zero attached hydrogens (tertiary/aromatic N) is 5. The number of rotatable bonds is 3. The average molecular weight is 241 g/mol. The molecule has 5 heteroatoms. The average Bonchev–Trinajstić information content (AvgIpc) is 2.42. The van der Waals surface area contributed by atoms with E-state index >= 15 is 0 Å². The lowest BCUT2D eigenvalue weighted by molar-refractivity contribution is 0.444. The summed E-state index contributed by atoms with van der Waals surface area (Å²) in [6, 6.07) is 10.2. The minimum atomic E-state index is 0.393. The molecule has 0 bridgehead atoms. The smallest absolute Gasteiger partial charge is 0.0951 e. The van der Waals surface area contributed by atoms with E-state index in [2.05, 4.69) is 26.0 Å². The zero-order valence-electron chi connectivity index (χ0n) is 10.2. The Labute approximate surface area is 106 Å². The summed E-state index contributed by atoms with van der Waals surface area (Å²) in [5.41, 5.74) is 9.64. The monoisotopic (exact) mass is 241 g/mol. The zero-order chi connectivity index (χ0) is 12.6. The Hall–Kier alpha value is -2.09. The van der Waals surface area contributed by atoms with Gasteiger partial charge < -0.3 is 0 Å². The Morgan fingerprint density at radius 1 is 1.06 bits per heavy atom. The molecule has 1 aromatic rings. The molecule has 1 aliphatic carbocycles. The van der Waals surface area contributed by atoms with Crippen LogP contribution in [0, 0.1) is 0 Å². The van der Waals surface area contributed by atoms with Gasteiger partial charge in [0.05, 0.1) is 17.7 Å². The van der Waals surface area contributed by atoms with Crippen molar-refractivity contribution in [2.75, 3.05) is 0 Å². The van der Waals surface area contributed by atoms with Gasteiger partial charge in [0.2, 0.25) is 0 Å². The highest BCUT2D eigenvalue weighted by Gasteiger charge is 2.10. The number of aliphatic imine (C=N–C) groups is 2. The van der Waals surface area contributed by atoms with Crippen LogP contribution in [0.1, 0.15) is 32.1 Å². The molecule has 0 spiro atoms. The second-order valence-corrected chi connectivity index (χ2v) is 4.34. The highest BCUT2D eigenvalue weighted by atomic mass is 15.1. The van der Waals surface area contributed by atoms with Gasteiger partial charge in [0, 0.05) is 10.6 Å². The molecule has 92 valence electrons. The lowest BCUT2D eigenvalue weighted by Crippen LogP contribution is -2.08. The zero-order valence-corrected chi connectivity index (χ0v) is 10.2. The van der Waals surface area contributed by atoms with Crippen LogP contribution in [0.2, 0.25) is 0 Å². The largest absolute Gasteiger partial charge is 0.222 e. The van der Waals surface area contributed by atoms with Crippen molar-refractivity contribution in [2.24, 2.45) is 15.1 Å². The van der Waals surface area contributed by atoms with Crippen LogP contribution in [-0.4, -0.2) is 12.1 Å². The predicted octanol–water partition coefficient (Wildman–Crippen LogP) is 4.77. The summed E-state index contributed by atoms with van der Waals surface area (Å²) >= 11 is 0. The molecule has 2 rings (SSSR count). The maximum atomic E-state index is 8.28. The Morgan fingerprint density at radius 2 is 1.72 bits per heavy atom.